The van der Waals surface area contributed by atoms with E-state index in [-0.39, 0.29) is 5.91 Å². The predicted octanol–water partition coefficient (Wildman–Crippen LogP) is 5.21. The number of para-hydroxylation sites is 2. The van der Waals surface area contributed by atoms with Crippen LogP contribution < -0.4 is 10.1 Å². The molecule has 2 aromatic heterocycles. The molecule has 0 saturated carbocycles. The monoisotopic (exact) mass is 424 g/mol. The van der Waals surface area contributed by atoms with E-state index >= 15 is 0 Å². The predicted molar refractivity (Wildman–Crippen MR) is 119 cm³/mol. The van der Waals surface area contributed by atoms with Crippen LogP contribution in [-0.4, -0.2) is 33.2 Å². The van der Waals surface area contributed by atoms with Crippen LogP contribution in [0.5, 0.6) is 5.75 Å². The fraction of sp³-hybridized carbons (Fsp3) is 0.190. The maximum atomic E-state index is 12.2. The van der Waals surface area contributed by atoms with Crippen molar-refractivity contribution in [1.82, 2.24) is 15.0 Å². The Labute approximate surface area is 176 Å². The van der Waals surface area contributed by atoms with Crippen LogP contribution in [0, 0.1) is 0 Å². The van der Waals surface area contributed by atoms with Crippen molar-refractivity contribution in [3.8, 4) is 17.0 Å². The van der Waals surface area contributed by atoms with Gasteiger partial charge in [-0.05, 0) is 43.3 Å². The average molecular weight is 425 g/mol. The highest BCUT2D eigenvalue weighted by Gasteiger charge is 2.10. The van der Waals surface area contributed by atoms with Crippen LogP contribution in [0.3, 0.4) is 0 Å². The fourth-order valence-electron chi connectivity index (χ4n) is 2.77. The van der Waals surface area contributed by atoms with Gasteiger partial charge in [-0.15, -0.1) is 11.3 Å². The van der Waals surface area contributed by atoms with E-state index in [1.807, 2.05) is 60.8 Å². The molecule has 0 bridgehead atoms. The molecule has 1 amide bonds. The summed E-state index contributed by atoms with van der Waals surface area (Å²) < 4.78 is 5.46. The number of aromatic amines is 1. The van der Waals surface area contributed by atoms with E-state index in [1.165, 1.54) is 23.1 Å². The molecule has 2 N–H and O–H groups in total. The molecule has 4 rings (SSSR count). The summed E-state index contributed by atoms with van der Waals surface area (Å²) in [5, 5.41) is 6.24. The molecule has 0 aliphatic heterocycles. The Balaban J connectivity index is 1.28. The van der Waals surface area contributed by atoms with Gasteiger partial charge in [-0.3, -0.25) is 4.79 Å². The van der Waals surface area contributed by atoms with Crippen molar-refractivity contribution in [2.75, 3.05) is 17.7 Å². The number of hydrogen-bond donors (Lipinski definition) is 2. The van der Waals surface area contributed by atoms with Gasteiger partial charge >= 0.3 is 0 Å². The van der Waals surface area contributed by atoms with Gasteiger partial charge in [0.1, 0.15) is 5.75 Å². The number of fused-ring (bicyclic) bond motifs is 1. The molecule has 2 heterocycles. The first-order valence-electron chi connectivity index (χ1n) is 9.27. The summed E-state index contributed by atoms with van der Waals surface area (Å²) in [4.78, 5) is 24.5. The molecular formula is C21H20N4O2S2. The number of imidazole rings is 1. The summed E-state index contributed by atoms with van der Waals surface area (Å²) in [6.07, 6.45) is 0.389. The number of amides is 1. The van der Waals surface area contributed by atoms with Gasteiger partial charge in [-0.25, -0.2) is 9.97 Å². The second-order valence-electron chi connectivity index (χ2n) is 6.20. The van der Waals surface area contributed by atoms with Crippen LogP contribution in [0.4, 0.5) is 5.13 Å². The normalized spacial score (nSPS) is 10.9. The Bertz CT molecular complexity index is 1070. The fourth-order valence-corrected chi connectivity index (χ4v) is 4.33. The second kappa shape index (κ2) is 9.11. The highest BCUT2D eigenvalue weighted by molar-refractivity contribution is 7.99. The summed E-state index contributed by atoms with van der Waals surface area (Å²) in [6.45, 7) is 2.60. The van der Waals surface area contributed by atoms with Gasteiger partial charge in [0.2, 0.25) is 5.91 Å². The van der Waals surface area contributed by atoms with Crippen molar-refractivity contribution in [2.45, 2.75) is 18.5 Å². The molecule has 0 saturated heterocycles. The maximum Gasteiger partial charge on any atom is 0.226 e. The van der Waals surface area contributed by atoms with Gasteiger partial charge in [-0.2, -0.15) is 0 Å². The van der Waals surface area contributed by atoms with Crippen molar-refractivity contribution in [1.29, 1.82) is 0 Å². The van der Waals surface area contributed by atoms with E-state index in [9.17, 15) is 4.79 Å². The molecule has 4 aromatic rings. The Morgan fingerprint density at radius 1 is 1.17 bits per heavy atom. The van der Waals surface area contributed by atoms with E-state index < -0.39 is 0 Å². The number of nitrogens with one attached hydrogen (secondary N) is 2. The Morgan fingerprint density at radius 2 is 2.00 bits per heavy atom. The summed E-state index contributed by atoms with van der Waals surface area (Å²) in [7, 11) is 0. The van der Waals surface area contributed by atoms with Crippen molar-refractivity contribution in [2.24, 2.45) is 0 Å². The van der Waals surface area contributed by atoms with Crippen molar-refractivity contribution >= 4 is 45.2 Å². The third kappa shape index (κ3) is 4.96. The van der Waals surface area contributed by atoms with Gasteiger partial charge in [0, 0.05) is 23.1 Å². The van der Waals surface area contributed by atoms with E-state index in [4.69, 9.17) is 4.74 Å². The van der Waals surface area contributed by atoms with Gasteiger partial charge in [0.15, 0.2) is 10.3 Å². The standard InChI is InChI=1S/C21H20N4O2S2/c1-2-27-15-9-7-14(8-10-15)18-13-29-21(24-18)25-19(26)11-12-28-20-22-16-5-3-4-6-17(16)23-20/h3-10,13H,2,11-12H2,1H3,(H,22,23)(H,24,25,26). The van der Waals surface area contributed by atoms with Crippen molar-refractivity contribution < 1.29 is 9.53 Å². The Hall–Kier alpha value is -2.84. The molecular weight excluding hydrogens is 404 g/mol. The minimum Gasteiger partial charge on any atom is -0.494 e. The van der Waals surface area contributed by atoms with E-state index in [1.54, 1.807) is 0 Å². The molecule has 0 aliphatic carbocycles. The third-order valence-electron chi connectivity index (χ3n) is 4.15. The minimum atomic E-state index is -0.0544. The van der Waals surface area contributed by atoms with Gasteiger partial charge in [0.05, 0.1) is 23.3 Å². The highest BCUT2D eigenvalue weighted by Crippen LogP contribution is 2.27. The average Bonchev–Trinajstić information content (AvgIpc) is 3.35. The lowest BCUT2D eigenvalue weighted by molar-refractivity contribution is -0.115. The van der Waals surface area contributed by atoms with Crippen LogP contribution in [0.1, 0.15) is 13.3 Å². The number of benzene rings is 2. The molecule has 8 heteroatoms. The number of aromatic nitrogens is 3. The number of thiazole rings is 1. The zero-order valence-electron chi connectivity index (χ0n) is 15.8. The van der Waals surface area contributed by atoms with Gasteiger partial charge in [0.25, 0.3) is 0 Å². The lowest BCUT2D eigenvalue weighted by Gasteiger charge is -2.03. The van der Waals surface area contributed by atoms with E-state index in [2.05, 4.69) is 20.3 Å². The largest absolute Gasteiger partial charge is 0.494 e. The molecule has 0 radical (unpaired) electrons. The lowest BCUT2D eigenvalue weighted by atomic mass is 10.2. The minimum absolute atomic E-state index is 0.0544. The summed E-state index contributed by atoms with van der Waals surface area (Å²) in [6, 6.07) is 15.7. The zero-order chi connectivity index (χ0) is 20.1. The molecule has 0 spiro atoms. The quantitative estimate of drug-likeness (QED) is 0.380. The first-order valence-corrected chi connectivity index (χ1v) is 11.1. The lowest BCUT2D eigenvalue weighted by Crippen LogP contribution is -2.11. The number of nitrogens with zero attached hydrogens (tertiary/aromatic N) is 2. The first-order chi connectivity index (χ1) is 14.2. The topological polar surface area (TPSA) is 79.9 Å². The van der Waals surface area contributed by atoms with E-state index in [0.717, 1.165) is 33.2 Å². The number of carbonyl (C=O) groups excluding carboxylic acids is 1. The molecule has 0 atom stereocenters. The Morgan fingerprint density at radius 3 is 2.79 bits per heavy atom. The first kappa shape index (κ1) is 19.5. The number of ether oxygens (including phenoxy) is 1. The van der Waals surface area contributed by atoms with Gasteiger partial charge in [-0.1, -0.05) is 23.9 Å². The Kier molecular flexibility index (Phi) is 6.12. The smallest absolute Gasteiger partial charge is 0.226 e. The number of thioether (sulfide) groups is 1. The SMILES string of the molecule is CCOc1ccc(-c2csc(NC(=O)CCSc3nc4ccccc4[nH]3)n2)cc1. The molecule has 148 valence electrons. The number of carbonyl (C=O) groups is 1. The third-order valence-corrected chi connectivity index (χ3v) is 5.78. The van der Waals surface area contributed by atoms with Crippen LogP contribution in [0.25, 0.3) is 22.3 Å². The molecule has 29 heavy (non-hydrogen) atoms. The van der Waals surface area contributed by atoms with Crippen LogP contribution in [0.15, 0.2) is 59.1 Å². The highest BCUT2D eigenvalue weighted by atomic mass is 32.2. The second-order valence-corrected chi connectivity index (χ2v) is 8.14. The molecule has 0 fully saturated rings. The van der Waals surface area contributed by atoms with Crippen LogP contribution in [-0.2, 0) is 4.79 Å². The zero-order valence-corrected chi connectivity index (χ0v) is 17.5. The number of anilines is 1. The van der Waals surface area contributed by atoms with E-state index in [0.29, 0.717) is 23.9 Å². The number of hydrogen-bond acceptors (Lipinski definition) is 6. The molecule has 0 unspecified atom stereocenters. The molecule has 6 nitrogen and oxygen atoms in total. The maximum absolute atomic E-state index is 12.2. The van der Waals surface area contributed by atoms with Crippen LogP contribution in [0.2, 0.25) is 0 Å². The summed E-state index contributed by atoms with van der Waals surface area (Å²) in [5.41, 5.74) is 3.77. The molecule has 0 aliphatic rings. The van der Waals surface area contributed by atoms with Crippen molar-refractivity contribution in [3.63, 3.8) is 0 Å². The molecule has 2 aromatic carbocycles. The summed E-state index contributed by atoms with van der Waals surface area (Å²) >= 11 is 2.96. The van der Waals surface area contributed by atoms with Crippen LogP contribution >= 0.6 is 23.1 Å². The number of H-pyrrole nitrogens is 1. The number of rotatable bonds is 8. The van der Waals surface area contributed by atoms with Crippen molar-refractivity contribution in [3.05, 3.63) is 53.9 Å². The summed E-state index contributed by atoms with van der Waals surface area (Å²) in [5.74, 6) is 1.42. The van der Waals surface area contributed by atoms with Gasteiger partial charge < -0.3 is 15.0 Å².